The highest BCUT2D eigenvalue weighted by molar-refractivity contribution is 8.18. The van der Waals surface area contributed by atoms with Crippen molar-refractivity contribution in [1.29, 1.82) is 0 Å². The number of imide groups is 1. The topological polar surface area (TPSA) is 64.6 Å². The van der Waals surface area contributed by atoms with Crippen LogP contribution in [0.15, 0.2) is 23.1 Å². The fourth-order valence-electron chi connectivity index (χ4n) is 1.79. The molecule has 5 nitrogen and oxygen atoms in total. The number of hydrogen-bond donors (Lipinski definition) is 1. The zero-order chi connectivity index (χ0) is 15.2. The Morgan fingerprint density at radius 2 is 2.10 bits per heavy atom. The van der Waals surface area contributed by atoms with Gasteiger partial charge in [0.2, 0.25) is 0 Å². The highest BCUT2D eigenvalue weighted by atomic mass is 32.2. The number of ether oxygens (including phenoxy) is 2. The van der Waals surface area contributed by atoms with E-state index in [1.54, 1.807) is 25.3 Å². The fraction of sp³-hybridized carbons (Fsp3) is 0.333. The second-order valence-electron chi connectivity index (χ2n) is 4.46. The van der Waals surface area contributed by atoms with Crippen LogP contribution < -0.4 is 14.8 Å². The molecule has 0 bridgehead atoms. The van der Waals surface area contributed by atoms with Crippen molar-refractivity contribution in [2.24, 2.45) is 0 Å². The summed E-state index contributed by atoms with van der Waals surface area (Å²) in [4.78, 5) is 23.1. The molecule has 1 aliphatic heterocycles. The summed E-state index contributed by atoms with van der Waals surface area (Å²) < 4.78 is 10.9. The van der Waals surface area contributed by atoms with Gasteiger partial charge < -0.3 is 9.47 Å². The molecule has 6 heteroatoms. The Bertz CT molecular complexity index is 583. The molecule has 0 radical (unpaired) electrons. The zero-order valence-corrected chi connectivity index (χ0v) is 12.8. The molecule has 0 unspecified atom stereocenters. The zero-order valence-electron chi connectivity index (χ0n) is 12.0. The number of hydrogen-bond acceptors (Lipinski definition) is 5. The standard InChI is InChI=1S/C15H17NO4S/c1-3-4-7-20-12-8-10(5-6-11(12)19-2)9-13-14(17)16-15(18)21-13/h5-6,8-9H,3-4,7H2,1-2H3,(H,16,17,18)/b13-9-. The van der Waals surface area contributed by atoms with Crippen molar-refractivity contribution in [3.05, 3.63) is 28.7 Å². The molecule has 0 aliphatic carbocycles. The van der Waals surface area contributed by atoms with Crippen molar-refractivity contribution in [2.45, 2.75) is 19.8 Å². The molecule has 1 aromatic carbocycles. The normalized spacial score (nSPS) is 16.2. The Hall–Kier alpha value is -1.95. The number of amides is 2. The molecule has 21 heavy (non-hydrogen) atoms. The lowest BCUT2D eigenvalue weighted by molar-refractivity contribution is -0.115. The maximum atomic E-state index is 11.5. The van der Waals surface area contributed by atoms with Crippen molar-refractivity contribution in [1.82, 2.24) is 5.32 Å². The van der Waals surface area contributed by atoms with Crippen molar-refractivity contribution >= 4 is 29.0 Å². The average molecular weight is 307 g/mol. The summed E-state index contributed by atoms with van der Waals surface area (Å²) in [5.74, 6) is 0.914. The third-order valence-electron chi connectivity index (χ3n) is 2.88. The molecule has 0 spiro atoms. The minimum Gasteiger partial charge on any atom is -0.493 e. The van der Waals surface area contributed by atoms with Crippen LogP contribution in [0.5, 0.6) is 11.5 Å². The molecule has 0 atom stereocenters. The Morgan fingerprint density at radius 1 is 1.29 bits per heavy atom. The highest BCUT2D eigenvalue weighted by Crippen LogP contribution is 2.31. The van der Waals surface area contributed by atoms with Crippen molar-refractivity contribution in [2.75, 3.05) is 13.7 Å². The lowest BCUT2D eigenvalue weighted by Crippen LogP contribution is -2.17. The quantitative estimate of drug-likeness (QED) is 0.646. The van der Waals surface area contributed by atoms with Gasteiger partial charge in [0.25, 0.3) is 11.1 Å². The number of nitrogens with one attached hydrogen (secondary N) is 1. The molecule has 2 amide bonds. The van der Waals surface area contributed by atoms with Gasteiger partial charge in [0, 0.05) is 0 Å². The predicted octanol–water partition coefficient (Wildman–Crippen LogP) is 3.20. The lowest BCUT2D eigenvalue weighted by Gasteiger charge is -2.11. The smallest absolute Gasteiger partial charge is 0.290 e. The summed E-state index contributed by atoms with van der Waals surface area (Å²) in [6, 6.07) is 5.40. The van der Waals surface area contributed by atoms with E-state index in [1.807, 2.05) is 6.07 Å². The molecule has 1 N–H and O–H groups in total. The molecule has 1 heterocycles. The molecule has 1 saturated heterocycles. The van der Waals surface area contributed by atoms with E-state index in [9.17, 15) is 9.59 Å². The van der Waals surface area contributed by atoms with E-state index < -0.39 is 0 Å². The molecule has 112 valence electrons. The van der Waals surface area contributed by atoms with Crippen molar-refractivity contribution in [3.63, 3.8) is 0 Å². The van der Waals surface area contributed by atoms with E-state index >= 15 is 0 Å². The first-order valence-electron chi connectivity index (χ1n) is 6.69. The Balaban J connectivity index is 2.21. The second kappa shape index (κ2) is 7.17. The maximum absolute atomic E-state index is 11.5. The van der Waals surface area contributed by atoms with Gasteiger partial charge in [-0.2, -0.15) is 0 Å². The summed E-state index contributed by atoms with van der Waals surface area (Å²) in [6.45, 7) is 2.70. The van der Waals surface area contributed by atoms with Crippen LogP contribution in [0.1, 0.15) is 25.3 Å². The summed E-state index contributed by atoms with van der Waals surface area (Å²) in [5, 5.41) is 1.88. The van der Waals surface area contributed by atoms with Crippen LogP contribution in [0.4, 0.5) is 4.79 Å². The summed E-state index contributed by atoms with van der Waals surface area (Å²) in [7, 11) is 1.58. The number of rotatable bonds is 6. The highest BCUT2D eigenvalue weighted by Gasteiger charge is 2.25. The van der Waals surface area contributed by atoms with Gasteiger partial charge in [0.1, 0.15) is 0 Å². The predicted molar refractivity (Wildman–Crippen MR) is 82.5 cm³/mol. The van der Waals surface area contributed by atoms with Crippen molar-refractivity contribution < 1.29 is 19.1 Å². The number of unbranched alkanes of at least 4 members (excludes halogenated alkanes) is 1. The van der Waals surface area contributed by atoms with Crippen LogP contribution in [-0.2, 0) is 4.79 Å². The van der Waals surface area contributed by atoms with Crippen LogP contribution >= 0.6 is 11.8 Å². The van der Waals surface area contributed by atoms with Crippen LogP contribution in [0.25, 0.3) is 6.08 Å². The van der Waals surface area contributed by atoms with Crippen LogP contribution in [0.2, 0.25) is 0 Å². The van der Waals surface area contributed by atoms with E-state index in [0.29, 0.717) is 23.0 Å². The number of carbonyl (C=O) groups is 2. The minimum atomic E-state index is -0.366. The third kappa shape index (κ3) is 4.01. The number of benzene rings is 1. The number of methoxy groups -OCH3 is 1. The van der Waals surface area contributed by atoms with Gasteiger partial charge in [-0.1, -0.05) is 19.4 Å². The van der Waals surface area contributed by atoms with Crippen molar-refractivity contribution in [3.8, 4) is 11.5 Å². The van der Waals surface area contributed by atoms with E-state index in [2.05, 4.69) is 12.2 Å². The maximum Gasteiger partial charge on any atom is 0.290 e. The first-order valence-corrected chi connectivity index (χ1v) is 7.51. The van der Waals surface area contributed by atoms with Gasteiger partial charge in [0.05, 0.1) is 18.6 Å². The van der Waals surface area contributed by atoms with E-state index in [4.69, 9.17) is 9.47 Å². The van der Waals surface area contributed by atoms with Gasteiger partial charge in [-0.05, 0) is 42.0 Å². The van der Waals surface area contributed by atoms with E-state index in [1.165, 1.54) is 0 Å². The third-order valence-corrected chi connectivity index (χ3v) is 3.69. The molecule has 1 aromatic rings. The monoisotopic (exact) mass is 307 g/mol. The second-order valence-corrected chi connectivity index (χ2v) is 5.48. The number of carbonyl (C=O) groups excluding carboxylic acids is 2. The molecule has 0 saturated carbocycles. The van der Waals surface area contributed by atoms with Gasteiger partial charge in [-0.3, -0.25) is 14.9 Å². The van der Waals surface area contributed by atoms with Gasteiger partial charge >= 0.3 is 0 Å². The van der Waals surface area contributed by atoms with Gasteiger partial charge in [-0.15, -0.1) is 0 Å². The molecule has 2 rings (SSSR count). The van der Waals surface area contributed by atoms with Crippen LogP contribution in [0, 0.1) is 0 Å². The Labute approximate surface area is 127 Å². The van der Waals surface area contributed by atoms with E-state index in [0.717, 1.165) is 30.2 Å². The summed E-state index contributed by atoms with van der Waals surface area (Å²) in [6.07, 6.45) is 3.67. The molecule has 1 fully saturated rings. The SMILES string of the molecule is CCCCOc1cc(/C=C2\SC(=O)NC2=O)ccc1OC. The number of thioether (sulfide) groups is 1. The Morgan fingerprint density at radius 3 is 2.71 bits per heavy atom. The molecular formula is C15H17NO4S. The van der Waals surface area contributed by atoms with Crippen LogP contribution in [-0.4, -0.2) is 24.9 Å². The molecular weight excluding hydrogens is 290 g/mol. The summed E-state index contributed by atoms with van der Waals surface area (Å²) in [5.41, 5.74) is 0.787. The first-order chi connectivity index (χ1) is 10.1. The van der Waals surface area contributed by atoms with Gasteiger partial charge in [-0.25, -0.2) is 0 Å². The Kier molecular flexibility index (Phi) is 5.27. The van der Waals surface area contributed by atoms with E-state index in [-0.39, 0.29) is 11.1 Å². The molecule has 0 aromatic heterocycles. The summed E-state index contributed by atoms with van der Waals surface area (Å²) >= 11 is 0.895. The first kappa shape index (κ1) is 15.4. The van der Waals surface area contributed by atoms with Crippen LogP contribution in [0.3, 0.4) is 0 Å². The lowest BCUT2D eigenvalue weighted by atomic mass is 10.2. The average Bonchev–Trinajstić information content (AvgIpc) is 2.77. The molecule has 1 aliphatic rings. The largest absolute Gasteiger partial charge is 0.493 e. The fourth-order valence-corrected chi connectivity index (χ4v) is 2.48. The minimum absolute atomic E-state index is 0.348. The van der Waals surface area contributed by atoms with Gasteiger partial charge in [0.15, 0.2) is 11.5 Å².